The molecule has 0 amide bonds. The lowest BCUT2D eigenvalue weighted by molar-refractivity contribution is -0.255. The van der Waals surface area contributed by atoms with Crippen molar-refractivity contribution >= 4 is 17.7 Å². The molecule has 0 atom stereocenters. The first kappa shape index (κ1) is 18.9. The van der Waals surface area contributed by atoms with Crippen LogP contribution in [0.4, 0.5) is 13.2 Å². The molecule has 0 N–H and O–H groups in total. The van der Waals surface area contributed by atoms with Crippen LogP contribution in [0.2, 0.25) is 0 Å². The second-order valence-electron chi connectivity index (χ2n) is 5.56. The zero-order valence-corrected chi connectivity index (χ0v) is 14.6. The van der Waals surface area contributed by atoms with Crippen LogP contribution in [0.25, 0.3) is 11.3 Å². The van der Waals surface area contributed by atoms with Crippen molar-refractivity contribution in [3.8, 4) is 11.3 Å². The molecule has 0 fully saturated rings. The molecular weight excluding hydrogens is 377 g/mol. The van der Waals surface area contributed by atoms with Gasteiger partial charge < -0.3 is 9.90 Å². The molecule has 0 aliphatic rings. The Morgan fingerprint density at radius 2 is 1.67 bits per heavy atom. The van der Waals surface area contributed by atoms with E-state index in [9.17, 15) is 23.1 Å². The van der Waals surface area contributed by atoms with Gasteiger partial charge in [0.15, 0.2) is 5.16 Å². The Morgan fingerprint density at radius 1 is 1.00 bits per heavy atom. The van der Waals surface area contributed by atoms with Gasteiger partial charge in [0.2, 0.25) is 0 Å². The fourth-order valence-electron chi connectivity index (χ4n) is 2.28. The first-order valence-electron chi connectivity index (χ1n) is 7.78. The van der Waals surface area contributed by atoms with E-state index in [1.807, 2.05) is 0 Å². The fourth-order valence-corrected chi connectivity index (χ4v) is 3.09. The maximum atomic E-state index is 13.2. The smallest absolute Gasteiger partial charge is 0.433 e. The van der Waals surface area contributed by atoms with Crippen molar-refractivity contribution in [1.29, 1.82) is 0 Å². The number of nitrogens with zero attached hydrogens (tertiary/aromatic N) is 2. The summed E-state index contributed by atoms with van der Waals surface area (Å²) in [4.78, 5) is 18.6. The maximum Gasteiger partial charge on any atom is 0.433 e. The van der Waals surface area contributed by atoms with Crippen molar-refractivity contribution in [3.05, 3.63) is 77.5 Å². The Bertz CT molecular complexity index is 945. The van der Waals surface area contributed by atoms with Crippen molar-refractivity contribution in [2.75, 3.05) is 0 Å². The van der Waals surface area contributed by atoms with E-state index in [0.717, 1.165) is 23.4 Å². The Kier molecular flexibility index (Phi) is 5.46. The predicted octanol–water partition coefficient (Wildman–Crippen LogP) is 3.82. The van der Waals surface area contributed by atoms with Crippen LogP contribution in [0, 0.1) is 0 Å². The highest BCUT2D eigenvalue weighted by Gasteiger charge is 2.33. The van der Waals surface area contributed by atoms with Crippen molar-refractivity contribution < 1.29 is 23.1 Å². The van der Waals surface area contributed by atoms with E-state index in [-0.39, 0.29) is 16.4 Å². The third kappa shape index (κ3) is 4.85. The van der Waals surface area contributed by atoms with Gasteiger partial charge in [0.1, 0.15) is 5.69 Å². The molecule has 0 bridgehead atoms. The lowest BCUT2D eigenvalue weighted by atomic mass is 10.1. The van der Waals surface area contributed by atoms with Crippen LogP contribution in [0.3, 0.4) is 0 Å². The molecule has 27 heavy (non-hydrogen) atoms. The Balaban J connectivity index is 1.86. The first-order valence-corrected chi connectivity index (χ1v) is 8.76. The fraction of sp³-hybridized carbons (Fsp3) is 0.105. The van der Waals surface area contributed by atoms with Gasteiger partial charge in [-0.15, -0.1) is 0 Å². The van der Waals surface area contributed by atoms with E-state index >= 15 is 0 Å². The number of aromatic carboxylic acids is 1. The van der Waals surface area contributed by atoms with Crippen LogP contribution < -0.4 is 5.11 Å². The summed E-state index contributed by atoms with van der Waals surface area (Å²) < 4.78 is 39.6. The van der Waals surface area contributed by atoms with E-state index in [1.165, 1.54) is 12.1 Å². The molecule has 3 rings (SSSR count). The molecular formula is C19H12F3N2O2S-. The third-order valence-corrected chi connectivity index (χ3v) is 4.54. The van der Waals surface area contributed by atoms with Crippen molar-refractivity contribution in [1.82, 2.24) is 9.97 Å². The minimum atomic E-state index is -4.59. The number of hydrogen-bond donors (Lipinski definition) is 0. The Labute approximate surface area is 157 Å². The number of carbonyl (C=O) groups excluding carboxylic acids is 1. The van der Waals surface area contributed by atoms with Gasteiger partial charge in [0, 0.05) is 11.3 Å². The van der Waals surface area contributed by atoms with Crippen LogP contribution in [-0.2, 0) is 11.9 Å². The molecule has 0 unspecified atom stereocenters. The SMILES string of the molecule is O=C([O-])c1ccc(CSc2nc(-c3ccccc3)cc(C(F)(F)F)n2)cc1. The van der Waals surface area contributed by atoms with Gasteiger partial charge in [-0.05, 0) is 17.2 Å². The summed E-state index contributed by atoms with van der Waals surface area (Å²) in [6, 6.07) is 15.4. The monoisotopic (exact) mass is 389 g/mol. The summed E-state index contributed by atoms with van der Waals surface area (Å²) in [7, 11) is 0. The molecule has 0 saturated carbocycles. The van der Waals surface area contributed by atoms with Crippen molar-refractivity contribution in [3.63, 3.8) is 0 Å². The lowest BCUT2D eigenvalue weighted by Crippen LogP contribution is -2.21. The number of carboxylic acid groups (broad SMARTS) is 1. The quantitative estimate of drug-likeness (QED) is 0.490. The number of thioether (sulfide) groups is 1. The number of carbonyl (C=O) groups is 1. The number of alkyl halides is 3. The van der Waals surface area contributed by atoms with E-state index in [0.29, 0.717) is 11.3 Å². The van der Waals surface area contributed by atoms with E-state index < -0.39 is 17.8 Å². The molecule has 0 radical (unpaired) electrons. The largest absolute Gasteiger partial charge is 0.545 e. The van der Waals surface area contributed by atoms with Gasteiger partial charge in [0.25, 0.3) is 0 Å². The molecule has 0 saturated heterocycles. The number of carboxylic acids is 1. The number of aromatic nitrogens is 2. The van der Waals surface area contributed by atoms with Gasteiger partial charge >= 0.3 is 6.18 Å². The maximum absolute atomic E-state index is 13.2. The van der Waals surface area contributed by atoms with Crippen LogP contribution in [0.1, 0.15) is 21.6 Å². The van der Waals surface area contributed by atoms with Crippen LogP contribution in [0.15, 0.2) is 65.8 Å². The second kappa shape index (κ2) is 7.79. The molecule has 1 aromatic heterocycles. The van der Waals surface area contributed by atoms with Crippen molar-refractivity contribution in [2.24, 2.45) is 0 Å². The van der Waals surface area contributed by atoms with E-state index in [4.69, 9.17) is 0 Å². The van der Waals surface area contributed by atoms with Gasteiger partial charge in [-0.25, -0.2) is 9.97 Å². The molecule has 4 nitrogen and oxygen atoms in total. The highest BCUT2D eigenvalue weighted by Crippen LogP contribution is 2.32. The van der Waals surface area contributed by atoms with Gasteiger partial charge in [0.05, 0.1) is 11.7 Å². The van der Waals surface area contributed by atoms with Crippen LogP contribution in [0.5, 0.6) is 0 Å². The second-order valence-corrected chi connectivity index (χ2v) is 6.50. The summed E-state index contributed by atoms with van der Waals surface area (Å²) >= 11 is 1.04. The number of rotatable bonds is 5. The lowest BCUT2D eigenvalue weighted by Gasteiger charge is -2.11. The third-order valence-electron chi connectivity index (χ3n) is 3.62. The Morgan fingerprint density at radius 3 is 2.26 bits per heavy atom. The van der Waals surface area contributed by atoms with Crippen LogP contribution >= 0.6 is 11.8 Å². The summed E-state index contributed by atoms with van der Waals surface area (Å²) in [5.74, 6) is -0.994. The van der Waals surface area contributed by atoms with Crippen molar-refractivity contribution in [2.45, 2.75) is 17.1 Å². The Hall–Kier alpha value is -2.87. The molecule has 8 heteroatoms. The minimum absolute atomic E-state index is 0.00680. The highest BCUT2D eigenvalue weighted by atomic mass is 32.2. The average molecular weight is 389 g/mol. The normalized spacial score (nSPS) is 11.4. The molecule has 138 valence electrons. The molecule has 0 aliphatic carbocycles. The topological polar surface area (TPSA) is 65.9 Å². The van der Waals surface area contributed by atoms with Gasteiger partial charge in [-0.2, -0.15) is 13.2 Å². The molecule has 0 spiro atoms. The summed E-state index contributed by atoms with van der Waals surface area (Å²) in [6.07, 6.45) is -4.59. The van der Waals surface area contributed by atoms with E-state index in [1.54, 1.807) is 42.5 Å². The molecule has 3 aromatic rings. The van der Waals surface area contributed by atoms with Crippen LogP contribution in [-0.4, -0.2) is 15.9 Å². The average Bonchev–Trinajstić information content (AvgIpc) is 2.66. The zero-order valence-electron chi connectivity index (χ0n) is 13.7. The standard InChI is InChI=1S/C19H13F3N2O2S/c20-19(21,22)16-10-15(13-4-2-1-3-5-13)23-18(24-16)27-11-12-6-8-14(9-7-12)17(25)26/h1-10H,11H2,(H,25,26)/p-1. The molecule has 2 aromatic carbocycles. The van der Waals surface area contributed by atoms with Gasteiger partial charge in [-0.1, -0.05) is 66.4 Å². The summed E-state index contributed by atoms with van der Waals surface area (Å²) in [5.41, 5.74) is 0.502. The summed E-state index contributed by atoms with van der Waals surface area (Å²) in [5, 5.41) is 10.7. The molecule has 0 aliphatic heterocycles. The van der Waals surface area contributed by atoms with E-state index in [2.05, 4.69) is 9.97 Å². The van der Waals surface area contributed by atoms with Gasteiger partial charge in [-0.3, -0.25) is 0 Å². The minimum Gasteiger partial charge on any atom is -0.545 e. The predicted molar refractivity (Wildman–Crippen MR) is 92.8 cm³/mol. The zero-order chi connectivity index (χ0) is 19.4. The highest BCUT2D eigenvalue weighted by molar-refractivity contribution is 7.98. The first-order chi connectivity index (χ1) is 12.8. The number of halogens is 3. The summed E-state index contributed by atoms with van der Waals surface area (Å²) in [6.45, 7) is 0. The molecule has 1 heterocycles. The number of hydrogen-bond acceptors (Lipinski definition) is 5. The number of benzene rings is 2.